The van der Waals surface area contributed by atoms with E-state index in [4.69, 9.17) is 9.52 Å². The van der Waals surface area contributed by atoms with E-state index < -0.39 is 5.97 Å². The molecule has 0 spiro atoms. The minimum atomic E-state index is -0.891. The molecule has 1 aromatic heterocycles. The van der Waals surface area contributed by atoms with Crippen molar-refractivity contribution in [2.45, 2.75) is 19.3 Å². The molecule has 3 nitrogen and oxygen atoms in total. The van der Waals surface area contributed by atoms with Crippen LogP contribution in [0.2, 0.25) is 0 Å². The molecule has 0 radical (unpaired) electrons. The van der Waals surface area contributed by atoms with E-state index in [1.807, 2.05) is 12.1 Å². The SMILES string of the molecule is O=C(O)/C=C/CCCc1ccco1. The summed E-state index contributed by atoms with van der Waals surface area (Å²) in [5, 5.41) is 8.29. The number of carbonyl (C=O) groups is 1. The van der Waals surface area contributed by atoms with Gasteiger partial charge in [-0.1, -0.05) is 6.08 Å². The Balaban J connectivity index is 2.12. The van der Waals surface area contributed by atoms with Gasteiger partial charge in [-0.25, -0.2) is 4.79 Å². The highest BCUT2D eigenvalue weighted by molar-refractivity contribution is 5.79. The zero-order valence-electron chi connectivity index (χ0n) is 7.27. The van der Waals surface area contributed by atoms with E-state index in [-0.39, 0.29) is 0 Å². The number of hydrogen-bond acceptors (Lipinski definition) is 2. The molecule has 0 atom stereocenters. The van der Waals surface area contributed by atoms with Gasteiger partial charge in [0.05, 0.1) is 6.26 Å². The highest BCUT2D eigenvalue weighted by Crippen LogP contribution is 2.05. The maximum absolute atomic E-state index is 10.1. The van der Waals surface area contributed by atoms with Crippen LogP contribution in [0.1, 0.15) is 18.6 Å². The van der Waals surface area contributed by atoms with Gasteiger partial charge in [0.15, 0.2) is 0 Å². The lowest BCUT2D eigenvalue weighted by Crippen LogP contribution is -1.86. The maximum Gasteiger partial charge on any atom is 0.327 e. The molecule has 0 unspecified atom stereocenters. The van der Waals surface area contributed by atoms with Crippen molar-refractivity contribution in [2.75, 3.05) is 0 Å². The molecule has 1 rings (SSSR count). The van der Waals surface area contributed by atoms with Gasteiger partial charge in [-0.3, -0.25) is 0 Å². The van der Waals surface area contributed by atoms with Crippen LogP contribution in [0.4, 0.5) is 0 Å². The Kier molecular flexibility index (Phi) is 3.82. The number of allylic oxidation sites excluding steroid dienone is 1. The van der Waals surface area contributed by atoms with Gasteiger partial charge in [0, 0.05) is 12.5 Å². The number of aliphatic carboxylic acids is 1. The van der Waals surface area contributed by atoms with Crippen LogP contribution >= 0.6 is 0 Å². The summed E-state index contributed by atoms with van der Waals surface area (Å²) in [4.78, 5) is 10.1. The van der Waals surface area contributed by atoms with Crippen LogP contribution in [0, 0.1) is 0 Å². The van der Waals surface area contributed by atoms with Crippen molar-refractivity contribution in [1.29, 1.82) is 0 Å². The van der Waals surface area contributed by atoms with Crippen LogP contribution in [0.3, 0.4) is 0 Å². The Morgan fingerprint density at radius 1 is 1.62 bits per heavy atom. The average molecular weight is 180 g/mol. The van der Waals surface area contributed by atoms with E-state index >= 15 is 0 Å². The van der Waals surface area contributed by atoms with Crippen LogP contribution in [0.25, 0.3) is 0 Å². The van der Waals surface area contributed by atoms with Gasteiger partial charge in [0.25, 0.3) is 0 Å². The van der Waals surface area contributed by atoms with Crippen molar-refractivity contribution in [3.05, 3.63) is 36.3 Å². The Labute approximate surface area is 76.7 Å². The van der Waals surface area contributed by atoms with Gasteiger partial charge in [-0.15, -0.1) is 0 Å². The first-order valence-corrected chi connectivity index (χ1v) is 4.21. The summed E-state index contributed by atoms with van der Waals surface area (Å²) in [6, 6.07) is 3.77. The Morgan fingerprint density at radius 2 is 2.46 bits per heavy atom. The molecule has 1 N–H and O–H groups in total. The molecule has 0 saturated heterocycles. The molecule has 0 saturated carbocycles. The Bertz CT molecular complexity index is 272. The van der Waals surface area contributed by atoms with Gasteiger partial charge in [0.2, 0.25) is 0 Å². The highest BCUT2D eigenvalue weighted by Gasteiger charge is 1.93. The lowest BCUT2D eigenvalue weighted by atomic mass is 10.2. The molecule has 0 amide bonds. The third-order valence-electron chi connectivity index (χ3n) is 1.63. The molecule has 3 heteroatoms. The van der Waals surface area contributed by atoms with E-state index in [0.29, 0.717) is 0 Å². The largest absolute Gasteiger partial charge is 0.478 e. The predicted molar refractivity (Wildman–Crippen MR) is 48.4 cm³/mol. The first-order chi connectivity index (χ1) is 6.29. The third-order valence-corrected chi connectivity index (χ3v) is 1.63. The van der Waals surface area contributed by atoms with Crippen molar-refractivity contribution in [3.8, 4) is 0 Å². The van der Waals surface area contributed by atoms with Crippen LogP contribution in [-0.2, 0) is 11.2 Å². The third kappa shape index (κ3) is 4.15. The molecule has 70 valence electrons. The molecule has 0 fully saturated rings. The van der Waals surface area contributed by atoms with E-state index in [1.54, 1.807) is 12.3 Å². The number of carboxylic acid groups (broad SMARTS) is 1. The second-order valence-electron chi connectivity index (χ2n) is 2.71. The molecule has 0 bridgehead atoms. The Morgan fingerprint density at radius 3 is 3.08 bits per heavy atom. The van der Waals surface area contributed by atoms with E-state index in [2.05, 4.69) is 0 Å². The fourth-order valence-electron chi connectivity index (χ4n) is 1.03. The van der Waals surface area contributed by atoms with E-state index in [0.717, 1.165) is 25.0 Å². The molecule has 13 heavy (non-hydrogen) atoms. The average Bonchev–Trinajstić information content (AvgIpc) is 2.55. The van der Waals surface area contributed by atoms with Crippen LogP contribution in [-0.4, -0.2) is 11.1 Å². The van der Waals surface area contributed by atoms with Crippen molar-refractivity contribution in [3.63, 3.8) is 0 Å². The van der Waals surface area contributed by atoms with Gasteiger partial charge in [0.1, 0.15) is 5.76 Å². The van der Waals surface area contributed by atoms with E-state index in [9.17, 15) is 4.79 Å². The summed E-state index contributed by atoms with van der Waals surface area (Å²) in [7, 11) is 0. The first-order valence-electron chi connectivity index (χ1n) is 4.21. The smallest absolute Gasteiger partial charge is 0.327 e. The normalized spacial score (nSPS) is 10.8. The van der Waals surface area contributed by atoms with Gasteiger partial charge in [-0.05, 0) is 25.0 Å². The van der Waals surface area contributed by atoms with Crippen LogP contribution in [0.15, 0.2) is 35.0 Å². The summed E-state index contributed by atoms with van der Waals surface area (Å²) < 4.78 is 5.12. The fraction of sp³-hybridized carbons (Fsp3) is 0.300. The summed E-state index contributed by atoms with van der Waals surface area (Å²) in [5.41, 5.74) is 0. The second-order valence-corrected chi connectivity index (χ2v) is 2.71. The molecular formula is C10H12O3. The summed E-state index contributed by atoms with van der Waals surface area (Å²) in [6.45, 7) is 0. The molecule has 0 aromatic carbocycles. The van der Waals surface area contributed by atoms with Crippen LogP contribution < -0.4 is 0 Å². The number of unbranched alkanes of at least 4 members (excludes halogenated alkanes) is 1. The minimum Gasteiger partial charge on any atom is -0.478 e. The molecular weight excluding hydrogens is 168 g/mol. The maximum atomic E-state index is 10.1. The Hall–Kier alpha value is -1.51. The van der Waals surface area contributed by atoms with Gasteiger partial charge >= 0.3 is 5.97 Å². The summed E-state index contributed by atoms with van der Waals surface area (Å²) in [6.07, 6.45) is 7.01. The zero-order valence-corrected chi connectivity index (χ0v) is 7.27. The monoisotopic (exact) mass is 180 g/mol. The standard InChI is InChI=1S/C10H12O3/c11-10(12)7-3-1-2-5-9-6-4-8-13-9/h3-4,6-8H,1-2,5H2,(H,11,12)/b7-3+. The number of rotatable bonds is 5. The van der Waals surface area contributed by atoms with Gasteiger partial charge < -0.3 is 9.52 Å². The molecule has 0 aliphatic rings. The lowest BCUT2D eigenvalue weighted by Gasteiger charge is -1.92. The van der Waals surface area contributed by atoms with Crippen molar-refractivity contribution in [1.82, 2.24) is 0 Å². The number of carboxylic acids is 1. The number of aryl methyl sites for hydroxylation is 1. The highest BCUT2D eigenvalue weighted by atomic mass is 16.4. The second kappa shape index (κ2) is 5.19. The predicted octanol–water partition coefficient (Wildman–Crippen LogP) is 2.24. The molecule has 1 aromatic rings. The van der Waals surface area contributed by atoms with E-state index in [1.165, 1.54) is 6.08 Å². The zero-order chi connectivity index (χ0) is 9.52. The molecule has 0 aliphatic heterocycles. The summed E-state index contributed by atoms with van der Waals surface area (Å²) in [5.74, 6) is 0.0572. The quantitative estimate of drug-likeness (QED) is 0.558. The number of furan rings is 1. The van der Waals surface area contributed by atoms with Crippen molar-refractivity contribution < 1.29 is 14.3 Å². The summed E-state index contributed by atoms with van der Waals surface area (Å²) >= 11 is 0. The fourth-order valence-corrected chi connectivity index (χ4v) is 1.03. The first kappa shape index (κ1) is 9.58. The minimum absolute atomic E-state index is 0.771. The lowest BCUT2D eigenvalue weighted by molar-refractivity contribution is -0.131. The van der Waals surface area contributed by atoms with Gasteiger partial charge in [-0.2, -0.15) is 0 Å². The number of hydrogen-bond donors (Lipinski definition) is 1. The molecule has 1 heterocycles. The topological polar surface area (TPSA) is 50.4 Å². The van der Waals surface area contributed by atoms with Crippen LogP contribution in [0.5, 0.6) is 0 Å². The molecule has 0 aliphatic carbocycles. The van der Waals surface area contributed by atoms with Crippen molar-refractivity contribution in [2.24, 2.45) is 0 Å². The van der Waals surface area contributed by atoms with Crippen molar-refractivity contribution >= 4 is 5.97 Å².